The molecule has 0 aliphatic carbocycles. The van der Waals surface area contributed by atoms with Crippen molar-refractivity contribution in [2.45, 2.75) is 58.6 Å². The molecule has 0 spiro atoms. The second-order valence-electron chi connectivity index (χ2n) is 9.73. The molecule has 1 unspecified atom stereocenters. The fourth-order valence-electron chi connectivity index (χ4n) is 4.45. The number of likely N-dealkylation sites (tertiary alicyclic amines) is 1. The molecule has 7 heteroatoms. The van der Waals surface area contributed by atoms with Crippen LogP contribution >= 0.6 is 11.6 Å². The fraction of sp³-hybridized carbons (Fsp3) is 0.519. The minimum Gasteiger partial charge on any atom is -0.497 e. The van der Waals surface area contributed by atoms with Gasteiger partial charge < -0.3 is 24.7 Å². The SMILES string of the molecule is COc1cc(COc2cc(N)c(Cl)cc2C(CCCC=O)N2CCC(C)(C)CC2)cc(OC)c1. The van der Waals surface area contributed by atoms with Crippen molar-refractivity contribution in [1.29, 1.82) is 0 Å². The Bertz CT molecular complexity index is 947. The van der Waals surface area contributed by atoms with Gasteiger partial charge in [0, 0.05) is 30.2 Å². The number of ether oxygens (including phenoxy) is 3. The summed E-state index contributed by atoms with van der Waals surface area (Å²) in [5, 5.41) is 0.517. The molecule has 1 heterocycles. The maximum absolute atomic E-state index is 11.0. The molecule has 0 radical (unpaired) electrons. The van der Waals surface area contributed by atoms with Crippen LogP contribution in [0.25, 0.3) is 0 Å². The molecule has 3 rings (SSSR count). The van der Waals surface area contributed by atoms with E-state index in [9.17, 15) is 4.79 Å². The average Bonchev–Trinajstić information content (AvgIpc) is 2.82. The Hall–Kier alpha value is -2.44. The Morgan fingerprint density at radius 2 is 1.74 bits per heavy atom. The minimum absolute atomic E-state index is 0.101. The van der Waals surface area contributed by atoms with Crippen LogP contribution in [0.4, 0.5) is 5.69 Å². The molecule has 1 aliphatic rings. The lowest BCUT2D eigenvalue weighted by Crippen LogP contribution is -2.39. The van der Waals surface area contributed by atoms with Gasteiger partial charge in [-0.2, -0.15) is 0 Å². The van der Waals surface area contributed by atoms with E-state index < -0.39 is 0 Å². The van der Waals surface area contributed by atoms with Gasteiger partial charge in [0.1, 0.15) is 30.1 Å². The third-order valence-corrected chi connectivity index (χ3v) is 7.01. The van der Waals surface area contributed by atoms with Crippen LogP contribution in [-0.4, -0.2) is 38.5 Å². The molecule has 0 amide bonds. The monoisotopic (exact) mass is 488 g/mol. The van der Waals surface area contributed by atoms with E-state index in [0.29, 0.717) is 46.4 Å². The van der Waals surface area contributed by atoms with E-state index in [0.717, 1.165) is 56.2 Å². The summed E-state index contributed by atoms with van der Waals surface area (Å²) >= 11 is 6.48. The Labute approximate surface area is 208 Å². The number of nitrogens with two attached hydrogens (primary N) is 1. The number of piperidine rings is 1. The van der Waals surface area contributed by atoms with Crippen LogP contribution in [-0.2, 0) is 11.4 Å². The van der Waals surface area contributed by atoms with Crippen molar-refractivity contribution >= 4 is 23.6 Å². The van der Waals surface area contributed by atoms with Crippen molar-refractivity contribution in [3.05, 3.63) is 46.5 Å². The standard InChI is InChI=1S/C27H37ClN2O4/c1-27(2)8-10-30(11-9-27)25(7-5-6-12-31)22-16-23(28)24(29)17-26(22)34-18-19-13-20(32-3)15-21(14-19)33-4/h12-17,25H,5-11,18,29H2,1-4H3. The first-order chi connectivity index (χ1) is 16.3. The number of methoxy groups -OCH3 is 2. The van der Waals surface area contributed by atoms with Gasteiger partial charge in [-0.1, -0.05) is 25.4 Å². The summed E-state index contributed by atoms with van der Waals surface area (Å²) in [7, 11) is 3.25. The molecule has 2 aromatic carbocycles. The number of nitrogen functional groups attached to an aromatic ring is 1. The van der Waals surface area contributed by atoms with Gasteiger partial charge in [-0.05, 0) is 68.0 Å². The van der Waals surface area contributed by atoms with Crippen molar-refractivity contribution < 1.29 is 19.0 Å². The van der Waals surface area contributed by atoms with Crippen LogP contribution in [0.1, 0.15) is 63.1 Å². The lowest BCUT2D eigenvalue weighted by atomic mass is 9.81. The lowest BCUT2D eigenvalue weighted by molar-refractivity contribution is -0.108. The first-order valence-electron chi connectivity index (χ1n) is 11.9. The van der Waals surface area contributed by atoms with E-state index in [1.54, 1.807) is 14.2 Å². The highest BCUT2D eigenvalue weighted by atomic mass is 35.5. The predicted octanol–water partition coefficient (Wildman–Crippen LogP) is 6.05. The normalized spacial score (nSPS) is 16.6. The van der Waals surface area contributed by atoms with Crippen molar-refractivity contribution in [3.63, 3.8) is 0 Å². The third-order valence-electron chi connectivity index (χ3n) is 6.69. The minimum atomic E-state index is 0.101. The second kappa shape index (κ2) is 11.8. The number of carbonyl (C=O) groups excluding carboxylic acids is 1. The van der Waals surface area contributed by atoms with Crippen LogP contribution in [0, 0.1) is 5.41 Å². The third kappa shape index (κ3) is 6.80. The number of hydrogen-bond donors (Lipinski definition) is 1. The Morgan fingerprint density at radius 3 is 2.32 bits per heavy atom. The molecule has 0 saturated carbocycles. The molecule has 1 aliphatic heterocycles. The Kier molecular flexibility index (Phi) is 9.09. The molecule has 1 atom stereocenters. The molecule has 2 aromatic rings. The number of nitrogens with zero attached hydrogens (tertiary/aromatic N) is 1. The van der Waals surface area contributed by atoms with Gasteiger partial charge in [-0.25, -0.2) is 0 Å². The number of unbranched alkanes of at least 4 members (excludes halogenated alkanes) is 1. The number of benzene rings is 2. The highest BCUT2D eigenvalue weighted by molar-refractivity contribution is 6.33. The van der Waals surface area contributed by atoms with Crippen LogP contribution in [0.3, 0.4) is 0 Å². The summed E-state index contributed by atoms with van der Waals surface area (Å²) in [5.41, 5.74) is 8.93. The van der Waals surface area contributed by atoms with Gasteiger partial charge in [0.15, 0.2) is 0 Å². The quantitative estimate of drug-likeness (QED) is 0.236. The average molecular weight is 489 g/mol. The zero-order valence-electron chi connectivity index (χ0n) is 20.7. The van der Waals surface area contributed by atoms with E-state index in [-0.39, 0.29) is 6.04 Å². The molecule has 2 N–H and O–H groups in total. The predicted molar refractivity (Wildman–Crippen MR) is 137 cm³/mol. The summed E-state index contributed by atoms with van der Waals surface area (Å²) in [6.07, 6.45) is 5.43. The molecule has 186 valence electrons. The Balaban J connectivity index is 1.90. The number of halogens is 1. The first-order valence-corrected chi connectivity index (χ1v) is 12.3. The van der Waals surface area contributed by atoms with Crippen LogP contribution in [0.2, 0.25) is 5.02 Å². The molecule has 1 fully saturated rings. The summed E-state index contributed by atoms with van der Waals surface area (Å²) in [6, 6.07) is 9.53. The summed E-state index contributed by atoms with van der Waals surface area (Å²) in [6.45, 7) is 6.96. The number of rotatable bonds is 11. The van der Waals surface area contributed by atoms with Crippen molar-refractivity contribution in [1.82, 2.24) is 4.90 Å². The molecule has 0 bridgehead atoms. The molecule has 34 heavy (non-hydrogen) atoms. The van der Waals surface area contributed by atoms with Crippen molar-refractivity contribution in [3.8, 4) is 17.2 Å². The van der Waals surface area contributed by atoms with Gasteiger partial charge >= 0.3 is 0 Å². The maximum atomic E-state index is 11.0. The van der Waals surface area contributed by atoms with Gasteiger partial charge in [-0.3, -0.25) is 4.90 Å². The van der Waals surface area contributed by atoms with Crippen LogP contribution < -0.4 is 19.9 Å². The maximum Gasteiger partial charge on any atom is 0.126 e. The second-order valence-corrected chi connectivity index (χ2v) is 10.1. The molecular weight excluding hydrogens is 452 g/mol. The van der Waals surface area contributed by atoms with Crippen LogP contribution in [0.5, 0.6) is 17.2 Å². The fourth-order valence-corrected chi connectivity index (χ4v) is 4.62. The van der Waals surface area contributed by atoms with E-state index >= 15 is 0 Å². The highest BCUT2D eigenvalue weighted by Crippen LogP contribution is 2.41. The van der Waals surface area contributed by atoms with Crippen molar-refractivity contribution in [2.24, 2.45) is 5.41 Å². The molecule has 1 saturated heterocycles. The number of aldehydes is 1. The molecule has 6 nitrogen and oxygen atoms in total. The van der Waals surface area contributed by atoms with E-state index in [1.165, 1.54) is 0 Å². The van der Waals surface area contributed by atoms with Gasteiger partial charge in [-0.15, -0.1) is 0 Å². The summed E-state index contributed by atoms with van der Waals surface area (Å²) in [5.74, 6) is 2.12. The molecular formula is C27H37ClN2O4. The zero-order chi connectivity index (χ0) is 24.7. The first kappa shape index (κ1) is 26.2. The largest absolute Gasteiger partial charge is 0.497 e. The van der Waals surface area contributed by atoms with Crippen molar-refractivity contribution in [2.75, 3.05) is 33.0 Å². The van der Waals surface area contributed by atoms with Gasteiger partial charge in [0.05, 0.1) is 24.9 Å². The van der Waals surface area contributed by atoms with Gasteiger partial charge in [0.25, 0.3) is 0 Å². The zero-order valence-corrected chi connectivity index (χ0v) is 21.5. The number of carbonyl (C=O) groups is 1. The summed E-state index contributed by atoms with van der Waals surface area (Å²) < 4.78 is 17.1. The van der Waals surface area contributed by atoms with E-state index in [1.807, 2.05) is 30.3 Å². The highest BCUT2D eigenvalue weighted by Gasteiger charge is 2.31. The number of anilines is 1. The topological polar surface area (TPSA) is 74.0 Å². The van der Waals surface area contributed by atoms with Gasteiger partial charge in [0.2, 0.25) is 0 Å². The summed E-state index contributed by atoms with van der Waals surface area (Å²) in [4.78, 5) is 13.5. The molecule has 0 aromatic heterocycles. The lowest BCUT2D eigenvalue weighted by Gasteiger charge is -2.41. The Morgan fingerprint density at radius 1 is 1.09 bits per heavy atom. The number of hydrogen-bond acceptors (Lipinski definition) is 6. The van der Waals surface area contributed by atoms with E-state index in [2.05, 4.69) is 18.7 Å². The van der Waals surface area contributed by atoms with E-state index in [4.69, 9.17) is 31.5 Å². The smallest absolute Gasteiger partial charge is 0.126 e. The van der Waals surface area contributed by atoms with Crippen LogP contribution in [0.15, 0.2) is 30.3 Å².